The van der Waals surface area contributed by atoms with E-state index >= 15 is 0 Å². The van der Waals surface area contributed by atoms with E-state index in [0.29, 0.717) is 17.6 Å². The molecule has 2 saturated heterocycles. The maximum absolute atomic E-state index is 6.50. The molecular formula is C22H42N2O. The van der Waals surface area contributed by atoms with Crippen molar-refractivity contribution in [3.63, 3.8) is 0 Å². The summed E-state index contributed by atoms with van der Waals surface area (Å²) in [6.45, 7) is 15.8. The van der Waals surface area contributed by atoms with Gasteiger partial charge in [-0.2, -0.15) is 0 Å². The van der Waals surface area contributed by atoms with E-state index in [1.165, 1.54) is 84.1 Å². The Morgan fingerprint density at radius 2 is 1.48 bits per heavy atom. The molecule has 1 saturated carbocycles. The second-order valence-corrected chi connectivity index (χ2v) is 9.70. The van der Waals surface area contributed by atoms with E-state index < -0.39 is 0 Å². The van der Waals surface area contributed by atoms with Gasteiger partial charge >= 0.3 is 0 Å². The second kappa shape index (κ2) is 8.71. The maximum atomic E-state index is 6.50. The predicted molar refractivity (Wildman–Crippen MR) is 106 cm³/mol. The van der Waals surface area contributed by atoms with Gasteiger partial charge in [0.25, 0.3) is 0 Å². The molecule has 1 atom stereocenters. The lowest BCUT2D eigenvalue weighted by molar-refractivity contribution is -0.0696. The van der Waals surface area contributed by atoms with E-state index in [4.69, 9.17) is 4.74 Å². The Bertz CT molecular complexity index is 391. The largest absolute Gasteiger partial charge is 0.375 e. The molecule has 2 aliphatic heterocycles. The fourth-order valence-corrected chi connectivity index (χ4v) is 5.13. The SMILES string of the molecule is CCC(C)N1CCC(OC2CCN(CC3(CC(C)C)CC3)CC2)CC1. The van der Waals surface area contributed by atoms with Gasteiger partial charge in [-0.3, -0.25) is 0 Å². The van der Waals surface area contributed by atoms with Crippen LogP contribution < -0.4 is 0 Å². The molecule has 2 heterocycles. The van der Waals surface area contributed by atoms with Crippen molar-refractivity contribution in [2.45, 2.75) is 97.3 Å². The average Bonchev–Trinajstić information content (AvgIpc) is 3.35. The van der Waals surface area contributed by atoms with Crippen LogP contribution in [0.5, 0.6) is 0 Å². The highest BCUT2D eigenvalue weighted by molar-refractivity contribution is 4.96. The van der Waals surface area contributed by atoms with Crippen molar-refractivity contribution in [2.24, 2.45) is 11.3 Å². The summed E-state index contributed by atoms with van der Waals surface area (Å²) in [5.74, 6) is 0.852. The van der Waals surface area contributed by atoms with Gasteiger partial charge in [0.1, 0.15) is 0 Å². The highest BCUT2D eigenvalue weighted by Crippen LogP contribution is 2.51. The van der Waals surface area contributed by atoms with Gasteiger partial charge in [0.05, 0.1) is 12.2 Å². The summed E-state index contributed by atoms with van der Waals surface area (Å²) >= 11 is 0. The first-order valence-corrected chi connectivity index (χ1v) is 11.1. The summed E-state index contributed by atoms with van der Waals surface area (Å²) < 4.78 is 6.50. The van der Waals surface area contributed by atoms with Crippen LogP contribution in [-0.2, 0) is 4.74 Å². The van der Waals surface area contributed by atoms with Crippen molar-refractivity contribution >= 4 is 0 Å². The molecule has 3 aliphatic rings. The summed E-state index contributed by atoms with van der Waals surface area (Å²) in [7, 11) is 0. The van der Waals surface area contributed by atoms with Crippen molar-refractivity contribution in [3.8, 4) is 0 Å². The zero-order valence-corrected chi connectivity index (χ0v) is 17.3. The normalized spacial score (nSPS) is 27.7. The number of hydrogen-bond acceptors (Lipinski definition) is 3. The molecule has 3 rings (SSSR count). The van der Waals surface area contributed by atoms with Crippen LogP contribution in [0, 0.1) is 11.3 Å². The highest BCUT2D eigenvalue weighted by atomic mass is 16.5. The van der Waals surface area contributed by atoms with Crippen LogP contribution in [0.3, 0.4) is 0 Å². The summed E-state index contributed by atoms with van der Waals surface area (Å²) in [6, 6.07) is 0.741. The Kier molecular flexibility index (Phi) is 6.84. The quantitative estimate of drug-likeness (QED) is 0.638. The Balaban J connectivity index is 1.33. The van der Waals surface area contributed by atoms with Gasteiger partial charge < -0.3 is 14.5 Å². The van der Waals surface area contributed by atoms with Crippen molar-refractivity contribution in [2.75, 3.05) is 32.7 Å². The van der Waals surface area contributed by atoms with Crippen LogP contribution in [0.4, 0.5) is 0 Å². The van der Waals surface area contributed by atoms with E-state index in [-0.39, 0.29) is 0 Å². The molecule has 0 radical (unpaired) electrons. The molecule has 0 aromatic carbocycles. The highest BCUT2D eigenvalue weighted by Gasteiger charge is 2.44. The summed E-state index contributed by atoms with van der Waals surface area (Å²) in [5, 5.41) is 0. The van der Waals surface area contributed by atoms with Crippen LogP contribution in [0.15, 0.2) is 0 Å². The van der Waals surface area contributed by atoms with Gasteiger partial charge in [0.15, 0.2) is 0 Å². The predicted octanol–water partition coefficient (Wildman–Crippen LogP) is 4.56. The molecule has 0 N–H and O–H groups in total. The molecular weight excluding hydrogens is 308 g/mol. The van der Waals surface area contributed by atoms with Crippen LogP contribution in [-0.4, -0.2) is 60.8 Å². The third-order valence-electron chi connectivity index (χ3n) is 6.97. The molecule has 1 unspecified atom stereocenters. The Morgan fingerprint density at radius 1 is 0.920 bits per heavy atom. The Labute approximate surface area is 156 Å². The van der Waals surface area contributed by atoms with E-state index in [2.05, 4.69) is 37.5 Å². The Hall–Kier alpha value is -0.120. The molecule has 25 heavy (non-hydrogen) atoms. The lowest BCUT2D eigenvalue weighted by Gasteiger charge is -2.39. The van der Waals surface area contributed by atoms with E-state index in [1.807, 2.05) is 0 Å². The minimum Gasteiger partial charge on any atom is -0.375 e. The first-order valence-electron chi connectivity index (χ1n) is 11.1. The van der Waals surface area contributed by atoms with Crippen molar-refractivity contribution in [1.29, 1.82) is 0 Å². The van der Waals surface area contributed by atoms with Gasteiger partial charge in [-0.1, -0.05) is 20.8 Å². The van der Waals surface area contributed by atoms with E-state index in [9.17, 15) is 0 Å². The van der Waals surface area contributed by atoms with Crippen LogP contribution in [0.1, 0.15) is 79.1 Å². The van der Waals surface area contributed by atoms with Gasteiger partial charge in [0, 0.05) is 38.8 Å². The van der Waals surface area contributed by atoms with Crippen molar-refractivity contribution in [3.05, 3.63) is 0 Å². The smallest absolute Gasteiger partial charge is 0.0603 e. The fourth-order valence-electron chi connectivity index (χ4n) is 5.13. The molecule has 0 aromatic heterocycles. The van der Waals surface area contributed by atoms with Gasteiger partial charge in [-0.15, -0.1) is 0 Å². The minimum absolute atomic E-state index is 0.521. The standard InChI is InChI=1S/C22H42N2O/c1-5-19(4)24-14-8-21(9-15-24)25-20-6-12-23(13-7-20)17-22(10-11-22)16-18(2)3/h18-21H,5-17H2,1-4H3. The number of rotatable bonds is 8. The van der Waals surface area contributed by atoms with Gasteiger partial charge in [0.2, 0.25) is 0 Å². The molecule has 1 aliphatic carbocycles. The first kappa shape index (κ1) is 19.6. The molecule has 0 spiro atoms. The second-order valence-electron chi connectivity index (χ2n) is 9.70. The molecule has 0 bridgehead atoms. The average molecular weight is 351 g/mol. The van der Waals surface area contributed by atoms with Crippen molar-refractivity contribution < 1.29 is 4.74 Å². The summed E-state index contributed by atoms with van der Waals surface area (Å²) in [4.78, 5) is 5.38. The first-order chi connectivity index (χ1) is 12.0. The topological polar surface area (TPSA) is 15.7 Å². The number of hydrogen-bond donors (Lipinski definition) is 0. The molecule has 3 nitrogen and oxygen atoms in total. The number of ether oxygens (including phenoxy) is 1. The lowest BCUT2D eigenvalue weighted by atomic mass is 9.93. The number of nitrogens with zero attached hydrogens (tertiary/aromatic N) is 2. The molecule has 0 aromatic rings. The molecule has 3 fully saturated rings. The molecule has 3 heteroatoms. The van der Waals surface area contributed by atoms with Gasteiger partial charge in [-0.25, -0.2) is 0 Å². The molecule has 0 amide bonds. The van der Waals surface area contributed by atoms with Gasteiger partial charge in [-0.05, 0) is 69.6 Å². The third kappa shape index (κ3) is 5.68. The molecule has 146 valence electrons. The fraction of sp³-hybridized carbons (Fsp3) is 1.00. The lowest BCUT2D eigenvalue weighted by Crippen LogP contribution is -2.45. The van der Waals surface area contributed by atoms with Crippen molar-refractivity contribution in [1.82, 2.24) is 9.80 Å². The van der Waals surface area contributed by atoms with Crippen LogP contribution in [0.25, 0.3) is 0 Å². The maximum Gasteiger partial charge on any atom is 0.0603 e. The van der Waals surface area contributed by atoms with Crippen LogP contribution >= 0.6 is 0 Å². The Morgan fingerprint density at radius 3 is 1.96 bits per heavy atom. The van der Waals surface area contributed by atoms with E-state index in [0.717, 1.165) is 12.0 Å². The van der Waals surface area contributed by atoms with Crippen LogP contribution in [0.2, 0.25) is 0 Å². The monoisotopic (exact) mass is 350 g/mol. The summed E-state index contributed by atoms with van der Waals surface area (Å²) in [5.41, 5.74) is 0.685. The zero-order valence-electron chi connectivity index (χ0n) is 17.3. The zero-order chi connectivity index (χ0) is 17.9. The summed E-state index contributed by atoms with van der Waals surface area (Å²) in [6.07, 6.45) is 11.7. The van der Waals surface area contributed by atoms with E-state index in [1.54, 1.807) is 0 Å². The minimum atomic E-state index is 0.521. The third-order valence-corrected chi connectivity index (χ3v) is 6.97. The number of likely N-dealkylation sites (tertiary alicyclic amines) is 2. The number of piperidine rings is 2.